The zero-order chi connectivity index (χ0) is 21.2. The average Bonchev–Trinajstić information content (AvgIpc) is 2.91. The number of aliphatic hydroxyl groups excluding tert-OH is 1. The number of carbonyl (C=O) groups excluding carboxylic acids is 2. The van der Waals surface area contributed by atoms with Crippen LogP contribution in [-0.4, -0.2) is 54.2 Å². The Morgan fingerprint density at radius 3 is 2.54 bits per heavy atom. The lowest BCUT2D eigenvalue weighted by molar-refractivity contribution is -0.136. The largest absolute Gasteiger partial charge is 0.466 e. The molecule has 154 valence electrons. The van der Waals surface area contributed by atoms with Gasteiger partial charge in [-0.15, -0.1) is 0 Å². The van der Waals surface area contributed by atoms with Gasteiger partial charge < -0.3 is 20.1 Å². The molecule has 0 unspecified atom stereocenters. The third-order valence-corrected chi connectivity index (χ3v) is 5.61. The second-order valence-electron chi connectivity index (χ2n) is 5.33. The minimum absolute atomic E-state index is 0.0477. The predicted molar refractivity (Wildman–Crippen MR) is 99.7 cm³/mol. The Hall–Kier alpha value is -1.33. The van der Waals surface area contributed by atoms with Crippen molar-refractivity contribution < 1.29 is 32.6 Å². The van der Waals surface area contributed by atoms with Crippen molar-refractivity contribution in [3.8, 4) is 0 Å². The number of esters is 1. The lowest BCUT2D eigenvalue weighted by Crippen LogP contribution is -2.31. The van der Waals surface area contributed by atoms with Gasteiger partial charge in [-0.1, -0.05) is 34.8 Å². The first kappa shape index (κ1) is 23.0. The van der Waals surface area contributed by atoms with E-state index in [2.05, 4.69) is 10.1 Å². The molecule has 6 nitrogen and oxygen atoms in total. The van der Waals surface area contributed by atoms with Gasteiger partial charge in [-0.05, 0) is 17.8 Å². The van der Waals surface area contributed by atoms with Crippen LogP contribution in [0.5, 0.6) is 0 Å². The zero-order valence-corrected chi connectivity index (χ0v) is 17.1. The molecule has 0 fully saturated rings. The van der Waals surface area contributed by atoms with Crippen molar-refractivity contribution in [3.05, 3.63) is 32.4 Å². The van der Waals surface area contributed by atoms with Gasteiger partial charge >= 0.3 is 11.5 Å². The van der Waals surface area contributed by atoms with Crippen molar-refractivity contribution in [1.29, 1.82) is 0 Å². The SMILES string of the molecule is COC(=O)C1=C(Nc2c(Cl)cc(SC(F)(F)F)c(Cl)c2Cl)C(=O)N(CCO)C1. The van der Waals surface area contributed by atoms with E-state index in [-0.39, 0.29) is 46.7 Å². The molecule has 0 bridgehead atoms. The molecule has 0 saturated carbocycles. The van der Waals surface area contributed by atoms with E-state index in [0.717, 1.165) is 13.2 Å². The van der Waals surface area contributed by atoms with Gasteiger partial charge in [0, 0.05) is 11.4 Å². The van der Waals surface area contributed by atoms with Gasteiger partial charge in [0.2, 0.25) is 0 Å². The highest BCUT2D eigenvalue weighted by atomic mass is 35.5. The number of thioether (sulfide) groups is 1. The summed E-state index contributed by atoms with van der Waals surface area (Å²) < 4.78 is 42.5. The van der Waals surface area contributed by atoms with E-state index < -0.39 is 39.1 Å². The van der Waals surface area contributed by atoms with E-state index >= 15 is 0 Å². The van der Waals surface area contributed by atoms with Crippen LogP contribution >= 0.6 is 46.6 Å². The lowest BCUT2D eigenvalue weighted by atomic mass is 10.2. The van der Waals surface area contributed by atoms with Crippen LogP contribution in [0.15, 0.2) is 22.2 Å². The summed E-state index contributed by atoms with van der Waals surface area (Å²) in [5, 5.41) is 10.6. The molecule has 0 aliphatic carbocycles. The quantitative estimate of drug-likeness (QED) is 0.366. The number of β-amino-alcohol motifs (C(OH)–C–C–N with tert-alkyl or cyclic N) is 1. The van der Waals surface area contributed by atoms with Crippen molar-refractivity contribution in [1.82, 2.24) is 4.90 Å². The first-order valence-electron chi connectivity index (χ1n) is 7.42. The maximum Gasteiger partial charge on any atom is 0.446 e. The van der Waals surface area contributed by atoms with Gasteiger partial charge in [-0.2, -0.15) is 13.2 Å². The predicted octanol–water partition coefficient (Wildman–Crippen LogP) is 3.93. The molecule has 0 aromatic heterocycles. The summed E-state index contributed by atoms with van der Waals surface area (Å²) >= 11 is 17.5. The first-order valence-corrected chi connectivity index (χ1v) is 9.37. The number of anilines is 1. The Labute approximate surface area is 176 Å². The number of nitrogens with zero attached hydrogens (tertiary/aromatic N) is 1. The van der Waals surface area contributed by atoms with Crippen molar-refractivity contribution >= 4 is 64.1 Å². The van der Waals surface area contributed by atoms with Crippen LogP contribution in [0.2, 0.25) is 15.1 Å². The van der Waals surface area contributed by atoms with Gasteiger partial charge in [0.25, 0.3) is 5.91 Å². The highest BCUT2D eigenvalue weighted by Gasteiger charge is 2.36. The van der Waals surface area contributed by atoms with Gasteiger partial charge in [0.15, 0.2) is 0 Å². The van der Waals surface area contributed by atoms with Crippen LogP contribution in [0.4, 0.5) is 18.9 Å². The highest BCUT2D eigenvalue weighted by Crippen LogP contribution is 2.47. The third-order valence-electron chi connectivity index (χ3n) is 3.55. The van der Waals surface area contributed by atoms with E-state index in [9.17, 15) is 22.8 Å². The molecule has 1 amide bonds. The standard InChI is InChI=1S/C15H12Cl3F3N2O4S/c1-27-14(26)6-5-23(2-3-24)13(25)11(6)22-12-7(16)4-8(9(17)10(12)18)28-15(19,20)21/h4,22,24H,2-3,5H2,1H3. The topological polar surface area (TPSA) is 78.9 Å². The fourth-order valence-electron chi connectivity index (χ4n) is 2.36. The number of hydrogen-bond donors (Lipinski definition) is 2. The number of amides is 1. The number of ether oxygens (including phenoxy) is 1. The Kier molecular flexibility index (Phi) is 7.38. The van der Waals surface area contributed by atoms with Gasteiger partial charge in [-0.3, -0.25) is 4.79 Å². The Morgan fingerprint density at radius 2 is 2.00 bits per heavy atom. The van der Waals surface area contributed by atoms with E-state index in [0.29, 0.717) is 0 Å². The fourth-order valence-corrected chi connectivity index (χ4v) is 3.91. The van der Waals surface area contributed by atoms with E-state index in [1.54, 1.807) is 0 Å². The summed E-state index contributed by atoms with van der Waals surface area (Å²) in [6.07, 6.45) is 0. The van der Waals surface area contributed by atoms with Crippen LogP contribution in [-0.2, 0) is 14.3 Å². The Balaban J connectivity index is 2.46. The van der Waals surface area contributed by atoms with E-state index in [4.69, 9.17) is 39.9 Å². The van der Waals surface area contributed by atoms with Crippen molar-refractivity contribution in [2.75, 3.05) is 32.1 Å². The molecule has 1 aromatic rings. The molecule has 0 spiro atoms. The van der Waals surface area contributed by atoms with Crippen molar-refractivity contribution in [3.63, 3.8) is 0 Å². The number of halogens is 6. The van der Waals surface area contributed by atoms with Crippen LogP contribution in [0.1, 0.15) is 0 Å². The molecule has 1 aliphatic heterocycles. The summed E-state index contributed by atoms with van der Waals surface area (Å²) in [5.74, 6) is -1.45. The fraction of sp³-hybridized carbons (Fsp3) is 0.333. The number of hydrogen-bond acceptors (Lipinski definition) is 6. The molecule has 2 rings (SSSR count). The number of methoxy groups -OCH3 is 1. The minimum Gasteiger partial charge on any atom is -0.466 e. The number of benzene rings is 1. The van der Waals surface area contributed by atoms with Gasteiger partial charge in [0.05, 0.1) is 46.6 Å². The molecule has 28 heavy (non-hydrogen) atoms. The maximum atomic E-state index is 12.6. The second-order valence-corrected chi connectivity index (χ2v) is 7.60. The number of rotatable bonds is 6. The third kappa shape index (κ3) is 4.98. The minimum atomic E-state index is -4.61. The molecule has 1 heterocycles. The summed E-state index contributed by atoms with van der Waals surface area (Å²) in [5.41, 5.74) is -5.04. The van der Waals surface area contributed by atoms with Crippen LogP contribution in [0.3, 0.4) is 0 Å². The molecule has 1 aliphatic rings. The van der Waals surface area contributed by atoms with Crippen LogP contribution in [0.25, 0.3) is 0 Å². The van der Waals surface area contributed by atoms with Gasteiger partial charge in [0.1, 0.15) is 5.70 Å². The Bertz CT molecular complexity index is 849. The van der Waals surface area contributed by atoms with Crippen LogP contribution < -0.4 is 5.32 Å². The summed E-state index contributed by atoms with van der Waals surface area (Å²) in [4.78, 5) is 25.2. The van der Waals surface area contributed by atoms with E-state index in [1.165, 1.54) is 4.90 Å². The highest BCUT2D eigenvalue weighted by molar-refractivity contribution is 8.00. The zero-order valence-electron chi connectivity index (χ0n) is 14.0. The lowest BCUT2D eigenvalue weighted by Gasteiger charge is -2.17. The van der Waals surface area contributed by atoms with Crippen molar-refractivity contribution in [2.24, 2.45) is 0 Å². The molecular formula is C15H12Cl3F3N2O4S. The second kappa shape index (κ2) is 9.00. The smallest absolute Gasteiger partial charge is 0.446 e. The number of alkyl halides is 3. The average molecular weight is 480 g/mol. The molecular weight excluding hydrogens is 468 g/mol. The molecule has 1 aromatic carbocycles. The number of carbonyl (C=O) groups is 2. The first-order chi connectivity index (χ1) is 13.0. The number of nitrogens with one attached hydrogen (secondary N) is 1. The molecule has 0 atom stereocenters. The molecule has 0 saturated heterocycles. The van der Waals surface area contributed by atoms with E-state index in [1.807, 2.05) is 0 Å². The Morgan fingerprint density at radius 1 is 1.36 bits per heavy atom. The van der Waals surface area contributed by atoms with Crippen molar-refractivity contribution in [2.45, 2.75) is 10.4 Å². The van der Waals surface area contributed by atoms with Gasteiger partial charge in [-0.25, -0.2) is 4.79 Å². The summed E-state index contributed by atoms with van der Waals surface area (Å²) in [6.45, 7) is -0.530. The van der Waals surface area contributed by atoms with Crippen LogP contribution in [0, 0.1) is 0 Å². The molecule has 13 heteroatoms. The molecule has 2 N–H and O–H groups in total. The normalized spacial score (nSPS) is 14.7. The molecule has 0 radical (unpaired) electrons. The summed E-state index contributed by atoms with van der Waals surface area (Å²) in [7, 11) is 1.12. The number of aliphatic hydroxyl groups is 1. The monoisotopic (exact) mass is 478 g/mol. The maximum absolute atomic E-state index is 12.6. The summed E-state index contributed by atoms with van der Waals surface area (Å²) in [6, 6.07) is 0.944.